The van der Waals surface area contributed by atoms with Gasteiger partial charge in [-0.2, -0.15) is 0 Å². The van der Waals surface area contributed by atoms with Gasteiger partial charge in [-0.1, -0.05) is 6.07 Å². The molecular weight excluding hydrogens is 260 g/mol. The van der Waals surface area contributed by atoms with Crippen molar-refractivity contribution in [1.29, 1.82) is 0 Å². The number of aromatic nitrogens is 1. The number of hydrogen-bond donors (Lipinski definition) is 2. The van der Waals surface area contributed by atoms with E-state index in [0.29, 0.717) is 0 Å². The molecule has 0 atom stereocenters. The number of pyridine rings is 1. The van der Waals surface area contributed by atoms with Gasteiger partial charge < -0.3 is 10.6 Å². The van der Waals surface area contributed by atoms with Gasteiger partial charge in [0.1, 0.15) is 0 Å². The van der Waals surface area contributed by atoms with Gasteiger partial charge in [-0.15, -0.1) is 0 Å². The van der Waals surface area contributed by atoms with Gasteiger partial charge in [0, 0.05) is 38.4 Å². The second-order valence-electron chi connectivity index (χ2n) is 6.29. The average molecular weight is 286 g/mol. The van der Waals surface area contributed by atoms with E-state index in [0.717, 1.165) is 48.9 Å². The van der Waals surface area contributed by atoms with Crippen LogP contribution >= 0.6 is 0 Å². The van der Waals surface area contributed by atoms with Crippen LogP contribution in [-0.4, -0.2) is 31.1 Å². The zero-order chi connectivity index (χ0) is 14.5. The molecule has 21 heavy (non-hydrogen) atoms. The minimum absolute atomic E-state index is 0.869. The Kier molecular flexibility index (Phi) is 4.73. The predicted molar refractivity (Wildman–Crippen MR) is 86.2 cm³/mol. The summed E-state index contributed by atoms with van der Waals surface area (Å²) in [6.07, 6.45) is 8.53. The summed E-state index contributed by atoms with van der Waals surface area (Å²) in [5, 5.41) is 6.91. The number of nitrogens with one attached hydrogen (secondary N) is 2. The van der Waals surface area contributed by atoms with Crippen molar-refractivity contribution in [1.82, 2.24) is 15.6 Å². The molecule has 3 rings (SSSR count). The Hall–Kier alpha value is -1.58. The lowest BCUT2D eigenvalue weighted by Gasteiger charge is -2.18. The molecule has 4 nitrogen and oxygen atoms in total. The van der Waals surface area contributed by atoms with Crippen LogP contribution in [0.25, 0.3) is 0 Å². The minimum Gasteiger partial charge on any atom is -0.356 e. The molecule has 4 heteroatoms. The third-order valence-electron chi connectivity index (χ3n) is 4.58. The lowest BCUT2D eigenvalue weighted by atomic mass is 9.98. The van der Waals surface area contributed by atoms with Crippen molar-refractivity contribution >= 4 is 5.96 Å². The molecule has 114 valence electrons. The smallest absolute Gasteiger partial charge is 0.190 e. The van der Waals surface area contributed by atoms with E-state index >= 15 is 0 Å². The molecule has 1 heterocycles. The second-order valence-corrected chi connectivity index (χ2v) is 6.29. The molecule has 1 aromatic heterocycles. The van der Waals surface area contributed by atoms with Gasteiger partial charge in [-0.25, -0.2) is 0 Å². The highest BCUT2D eigenvalue weighted by atomic mass is 15.2. The summed E-state index contributed by atoms with van der Waals surface area (Å²) < 4.78 is 0. The van der Waals surface area contributed by atoms with Crippen LogP contribution in [0.2, 0.25) is 0 Å². The average Bonchev–Trinajstić information content (AvgIpc) is 3.39. The van der Waals surface area contributed by atoms with Gasteiger partial charge in [0.15, 0.2) is 5.96 Å². The summed E-state index contributed by atoms with van der Waals surface area (Å²) in [7, 11) is 1.85. The minimum atomic E-state index is 0.869. The van der Waals surface area contributed by atoms with E-state index in [2.05, 4.69) is 26.7 Å². The summed E-state index contributed by atoms with van der Waals surface area (Å²) in [5.74, 6) is 3.77. The largest absolute Gasteiger partial charge is 0.356 e. The van der Waals surface area contributed by atoms with Gasteiger partial charge in [-0.05, 0) is 55.6 Å². The Balaban J connectivity index is 1.38. The molecule has 0 aliphatic heterocycles. The maximum Gasteiger partial charge on any atom is 0.190 e. The molecule has 2 aliphatic rings. The zero-order valence-electron chi connectivity index (χ0n) is 12.9. The molecule has 0 aromatic carbocycles. The standard InChI is InChI=1S/C17H26N4/c1-18-17(20-11-9-15-4-2-3-10-19-15)21-12-16(13-5-6-13)14-7-8-14/h2-4,10,13-14,16H,5-9,11-12H2,1H3,(H2,18,20,21). The van der Waals surface area contributed by atoms with Crippen LogP contribution in [0.15, 0.2) is 29.4 Å². The lowest BCUT2D eigenvalue weighted by molar-refractivity contribution is 0.400. The van der Waals surface area contributed by atoms with E-state index in [1.165, 1.54) is 25.7 Å². The molecule has 0 saturated heterocycles. The van der Waals surface area contributed by atoms with Gasteiger partial charge in [0.05, 0.1) is 0 Å². The van der Waals surface area contributed by atoms with Crippen molar-refractivity contribution in [2.24, 2.45) is 22.7 Å². The van der Waals surface area contributed by atoms with E-state index in [1.807, 2.05) is 25.4 Å². The lowest BCUT2D eigenvalue weighted by Crippen LogP contribution is -2.41. The van der Waals surface area contributed by atoms with Gasteiger partial charge in [0.25, 0.3) is 0 Å². The van der Waals surface area contributed by atoms with Crippen molar-refractivity contribution in [3.05, 3.63) is 30.1 Å². The van der Waals surface area contributed by atoms with Crippen LogP contribution in [0.3, 0.4) is 0 Å². The van der Waals surface area contributed by atoms with Crippen molar-refractivity contribution in [3.8, 4) is 0 Å². The fourth-order valence-electron chi connectivity index (χ4n) is 3.06. The molecular formula is C17H26N4. The van der Waals surface area contributed by atoms with Crippen molar-refractivity contribution in [3.63, 3.8) is 0 Å². The quantitative estimate of drug-likeness (QED) is 0.597. The molecule has 0 amide bonds. The Morgan fingerprint density at radius 1 is 1.24 bits per heavy atom. The number of hydrogen-bond acceptors (Lipinski definition) is 2. The molecule has 0 spiro atoms. The molecule has 0 radical (unpaired) electrons. The number of aliphatic imine (C=N–C) groups is 1. The van der Waals surface area contributed by atoms with E-state index in [1.54, 1.807) is 0 Å². The first-order valence-corrected chi connectivity index (χ1v) is 8.21. The van der Waals surface area contributed by atoms with Crippen LogP contribution in [0.1, 0.15) is 31.4 Å². The van der Waals surface area contributed by atoms with E-state index in [4.69, 9.17) is 0 Å². The first-order chi connectivity index (χ1) is 10.4. The van der Waals surface area contributed by atoms with E-state index < -0.39 is 0 Å². The third kappa shape index (κ3) is 4.45. The Labute approximate surface area is 127 Å². The van der Waals surface area contributed by atoms with Crippen LogP contribution in [-0.2, 0) is 6.42 Å². The molecule has 0 unspecified atom stereocenters. The fourth-order valence-corrected chi connectivity index (χ4v) is 3.06. The topological polar surface area (TPSA) is 49.3 Å². The summed E-state index contributed by atoms with van der Waals surface area (Å²) in [6, 6.07) is 6.05. The predicted octanol–water partition coefficient (Wildman–Crippen LogP) is 2.23. The number of rotatable bonds is 7. The highest BCUT2D eigenvalue weighted by molar-refractivity contribution is 5.79. The molecule has 0 bridgehead atoms. The van der Waals surface area contributed by atoms with Gasteiger partial charge >= 0.3 is 0 Å². The second kappa shape index (κ2) is 6.92. The van der Waals surface area contributed by atoms with Gasteiger partial charge in [0.2, 0.25) is 0 Å². The van der Waals surface area contributed by atoms with E-state index in [9.17, 15) is 0 Å². The SMILES string of the molecule is CN=C(NCCc1ccccn1)NCC(C1CC1)C1CC1. The van der Waals surface area contributed by atoms with Crippen molar-refractivity contribution in [2.45, 2.75) is 32.1 Å². The molecule has 2 aliphatic carbocycles. The fraction of sp³-hybridized carbons (Fsp3) is 0.647. The molecule has 2 saturated carbocycles. The van der Waals surface area contributed by atoms with E-state index in [-0.39, 0.29) is 0 Å². The highest BCUT2D eigenvalue weighted by Crippen LogP contribution is 2.48. The van der Waals surface area contributed by atoms with Gasteiger partial charge in [-0.3, -0.25) is 9.98 Å². The zero-order valence-corrected chi connectivity index (χ0v) is 12.9. The summed E-state index contributed by atoms with van der Waals surface area (Å²) in [5.41, 5.74) is 1.12. The molecule has 2 fully saturated rings. The Bertz CT molecular complexity index is 451. The maximum atomic E-state index is 4.34. The van der Waals surface area contributed by atoms with Crippen LogP contribution in [0.5, 0.6) is 0 Å². The maximum absolute atomic E-state index is 4.34. The van der Waals surface area contributed by atoms with Crippen LogP contribution in [0.4, 0.5) is 0 Å². The number of nitrogens with zero attached hydrogens (tertiary/aromatic N) is 2. The normalized spacial score (nSPS) is 18.9. The summed E-state index contributed by atoms with van der Waals surface area (Å²) >= 11 is 0. The molecule has 1 aromatic rings. The van der Waals surface area contributed by atoms with Crippen molar-refractivity contribution < 1.29 is 0 Å². The number of guanidine groups is 1. The summed E-state index contributed by atoms with van der Waals surface area (Å²) in [6.45, 7) is 1.95. The Morgan fingerprint density at radius 2 is 2.00 bits per heavy atom. The monoisotopic (exact) mass is 286 g/mol. The molecule has 2 N–H and O–H groups in total. The van der Waals surface area contributed by atoms with Crippen molar-refractivity contribution in [2.75, 3.05) is 20.1 Å². The van der Waals surface area contributed by atoms with Crippen LogP contribution < -0.4 is 10.6 Å². The summed E-state index contributed by atoms with van der Waals surface area (Å²) in [4.78, 5) is 8.66. The Morgan fingerprint density at radius 3 is 2.57 bits per heavy atom. The highest BCUT2D eigenvalue weighted by Gasteiger charge is 2.41. The first-order valence-electron chi connectivity index (χ1n) is 8.21. The third-order valence-corrected chi connectivity index (χ3v) is 4.58. The first kappa shape index (κ1) is 14.4. The van der Waals surface area contributed by atoms with Crippen LogP contribution in [0, 0.1) is 17.8 Å².